The molecule has 49 heavy (non-hydrogen) atoms. The van der Waals surface area contributed by atoms with Crippen molar-refractivity contribution in [1.82, 2.24) is 0 Å². The van der Waals surface area contributed by atoms with Crippen molar-refractivity contribution >= 4 is 49.4 Å². The molecule has 0 atom stereocenters. The van der Waals surface area contributed by atoms with Gasteiger partial charge in [0.1, 0.15) is 0 Å². The van der Waals surface area contributed by atoms with E-state index in [1.54, 1.807) is 0 Å². The predicted molar refractivity (Wildman–Crippen MR) is 210 cm³/mol. The Bertz CT molecular complexity index is 2580. The maximum atomic E-state index is 2.46. The Balaban J connectivity index is 1.36. The minimum atomic E-state index is 1.10. The minimum absolute atomic E-state index is 1.10. The van der Waals surface area contributed by atoms with Gasteiger partial charge in [0.25, 0.3) is 0 Å². The first kappa shape index (κ1) is 28.8. The van der Waals surface area contributed by atoms with Gasteiger partial charge < -0.3 is 4.90 Å². The van der Waals surface area contributed by atoms with Crippen LogP contribution in [0.15, 0.2) is 200 Å². The number of hydrogen-bond donors (Lipinski definition) is 0. The zero-order chi connectivity index (χ0) is 32.6. The normalized spacial score (nSPS) is 11.3. The summed E-state index contributed by atoms with van der Waals surface area (Å²) < 4.78 is 0. The van der Waals surface area contributed by atoms with E-state index in [-0.39, 0.29) is 0 Å². The monoisotopic (exact) mass is 623 g/mol. The van der Waals surface area contributed by atoms with E-state index < -0.39 is 0 Å². The van der Waals surface area contributed by atoms with E-state index in [1.807, 2.05) is 0 Å². The van der Waals surface area contributed by atoms with Crippen molar-refractivity contribution in [2.45, 2.75) is 0 Å². The highest BCUT2D eigenvalue weighted by Crippen LogP contribution is 2.47. The second-order valence-corrected chi connectivity index (χ2v) is 12.5. The molecule has 0 fully saturated rings. The number of fused-ring (bicyclic) bond motifs is 4. The molecule has 1 heteroatoms. The van der Waals surface area contributed by atoms with E-state index in [0.717, 1.165) is 17.1 Å². The smallest absolute Gasteiger partial charge is 0.0546 e. The summed E-state index contributed by atoms with van der Waals surface area (Å²) in [7, 11) is 0. The Labute approximate surface area is 287 Å². The van der Waals surface area contributed by atoms with Gasteiger partial charge in [-0.1, -0.05) is 170 Å². The molecule has 0 amide bonds. The molecule has 0 aliphatic carbocycles. The Morgan fingerprint density at radius 3 is 1.53 bits per heavy atom. The molecular weight excluding hydrogens is 591 g/mol. The van der Waals surface area contributed by atoms with Crippen LogP contribution in [-0.2, 0) is 0 Å². The lowest BCUT2D eigenvalue weighted by molar-refractivity contribution is 1.30. The Morgan fingerprint density at radius 2 is 0.796 bits per heavy atom. The fraction of sp³-hybridized carbons (Fsp3) is 0. The molecule has 0 aliphatic heterocycles. The average molecular weight is 624 g/mol. The van der Waals surface area contributed by atoms with Crippen LogP contribution in [0.25, 0.3) is 65.7 Å². The van der Waals surface area contributed by atoms with Gasteiger partial charge >= 0.3 is 0 Å². The zero-order valence-corrected chi connectivity index (χ0v) is 27.0. The first-order chi connectivity index (χ1) is 24.3. The van der Waals surface area contributed by atoms with Crippen LogP contribution in [0.3, 0.4) is 0 Å². The lowest BCUT2D eigenvalue weighted by Gasteiger charge is -2.30. The maximum absolute atomic E-state index is 2.46. The molecule has 1 nitrogen and oxygen atoms in total. The van der Waals surface area contributed by atoms with E-state index in [2.05, 4.69) is 205 Å². The fourth-order valence-corrected chi connectivity index (χ4v) is 7.28. The lowest BCUT2D eigenvalue weighted by atomic mass is 9.90. The van der Waals surface area contributed by atoms with Crippen LogP contribution >= 0.6 is 0 Å². The highest BCUT2D eigenvalue weighted by molar-refractivity contribution is 6.15. The number of rotatable bonds is 6. The number of benzene rings is 9. The minimum Gasteiger partial charge on any atom is -0.309 e. The van der Waals surface area contributed by atoms with Gasteiger partial charge in [0.05, 0.1) is 11.4 Å². The first-order valence-electron chi connectivity index (χ1n) is 16.9. The number of hydrogen-bond acceptors (Lipinski definition) is 1. The fourth-order valence-electron chi connectivity index (χ4n) is 7.28. The molecule has 9 aromatic rings. The van der Waals surface area contributed by atoms with Crippen LogP contribution in [0, 0.1) is 0 Å². The van der Waals surface area contributed by atoms with Crippen LogP contribution in [0.5, 0.6) is 0 Å². The summed E-state index contributed by atoms with van der Waals surface area (Å²) in [6.07, 6.45) is 0. The van der Waals surface area contributed by atoms with E-state index >= 15 is 0 Å². The van der Waals surface area contributed by atoms with Gasteiger partial charge in [-0.3, -0.25) is 0 Å². The quantitative estimate of drug-likeness (QED) is 0.167. The third kappa shape index (κ3) is 5.23. The zero-order valence-electron chi connectivity index (χ0n) is 27.0. The highest BCUT2D eigenvalue weighted by atomic mass is 15.1. The first-order valence-corrected chi connectivity index (χ1v) is 16.9. The third-order valence-corrected chi connectivity index (χ3v) is 9.64. The van der Waals surface area contributed by atoms with Crippen LogP contribution < -0.4 is 4.90 Å². The van der Waals surface area contributed by atoms with Crippen LogP contribution in [0.1, 0.15) is 0 Å². The average Bonchev–Trinajstić information content (AvgIpc) is 3.19. The van der Waals surface area contributed by atoms with Crippen molar-refractivity contribution < 1.29 is 0 Å². The lowest BCUT2D eigenvalue weighted by Crippen LogP contribution is -2.12. The van der Waals surface area contributed by atoms with Crippen molar-refractivity contribution in [3.8, 4) is 33.4 Å². The molecule has 0 saturated carbocycles. The Hall–Kier alpha value is -6.44. The van der Waals surface area contributed by atoms with Crippen LogP contribution in [0.2, 0.25) is 0 Å². The van der Waals surface area contributed by atoms with Crippen LogP contribution in [-0.4, -0.2) is 0 Å². The van der Waals surface area contributed by atoms with E-state index in [1.165, 1.54) is 65.7 Å². The van der Waals surface area contributed by atoms with Crippen molar-refractivity contribution in [3.05, 3.63) is 200 Å². The molecule has 9 aromatic carbocycles. The largest absolute Gasteiger partial charge is 0.309 e. The highest BCUT2D eigenvalue weighted by Gasteiger charge is 2.22. The summed E-state index contributed by atoms with van der Waals surface area (Å²) >= 11 is 0. The molecule has 0 aromatic heterocycles. The van der Waals surface area contributed by atoms with E-state index in [4.69, 9.17) is 0 Å². The van der Waals surface area contributed by atoms with Crippen molar-refractivity contribution in [2.75, 3.05) is 4.90 Å². The van der Waals surface area contributed by atoms with Crippen LogP contribution in [0.4, 0.5) is 17.1 Å². The van der Waals surface area contributed by atoms with Gasteiger partial charge in [0.2, 0.25) is 0 Å². The second kappa shape index (κ2) is 12.3. The van der Waals surface area contributed by atoms with Gasteiger partial charge in [-0.2, -0.15) is 0 Å². The van der Waals surface area contributed by atoms with Gasteiger partial charge in [0, 0.05) is 16.6 Å². The van der Waals surface area contributed by atoms with Gasteiger partial charge in [0.15, 0.2) is 0 Å². The van der Waals surface area contributed by atoms with E-state index in [0.29, 0.717) is 0 Å². The summed E-state index contributed by atoms with van der Waals surface area (Å²) in [5.74, 6) is 0. The third-order valence-electron chi connectivity index (χ3n) is 9.64. The molecule has 0 spiro atoms. The standard InChI is InChI=1S/C48H33N/c1-3-14-34(15-4-1)36-26-29-40(30-27-36)49(47-25-13-20-37-18-7-10-22-42(37)47)48-33-38(35-16-5-2-6-17-35)28-31-45(48)46-32-39-19-8-9-21-41(39)43-23-11-12-24-44(43)46/h1-33H. The van der Waals surface area contributed by atoms with Gasteiger partial charge in [-0.25, -0.2) is 0 Å². The summed E-state index contributed by atoms with van der Waals surface area (Å²) in [4.78, 5) is 2.46. The number of anilines is 3. The van der Waals surface area contributed by atoms with Crippen molar-refractivity contribution in [3.63, 3.8) is 0 Å². The molecule has 0 unspecified atom stereocenters. The second-order valence-electron chi connectivity index (χ2n) is 12.5. The molecule has 230 valence electrons. The van der Waals surface area contributed by atoms with Crippen molar-refractivity contribution in [2.24, 2.45) is 0 Å². The molecular formula is C48H33N. The van der Waals surface area contributed by atoms with Gasteiger partial charge in [-0.05, 0) is 85.1 Å². The van der Waals surface area contributed by atoms with Crippen molar-refractivity contribution in [1.29, 1.82) is 0 Å². The van der Waals surface area contributed by atoms with Gasteiger partial charge in [-0.15, -0.1) is 0 Å². The number of nitrogens with zero attached hydrogens (tertiary/aromatic N) is 1. The molecule has 0 N–H and O–H groups in total. The summed E-state index contributed by atoms with van der Waals surface area (Å²) in [6, 6.07) is 72.6. The Morgan fingerprint density at radius 1 is 0.265 bits per heavy atom. The predicted octanol–water partition coefficient (Wildman–Crippen LogP) is 13.6. The molecule has 0 radical (unpaired) electrons. The molecule has 0 heterocycles. The molecule has 0 aliphatic rings. The Kier molecular flexibility index (Phi) is 7.22. The summed E-state index contributed by atoms with van der Waals surface area (Å²) in [5.41, 5.74) is 10.5. The topological polar surface area (TPSA) is 3.24 Å². The summed E-state index contributed by atoms with van der Waals surface area (Å²) in [6.45, 7) is 0. The molecule has 0 bridgehead atoms. The SMILES string of the molecule is c1ccc(-c2ccc(N(c3cc(-c4ccccc4)ccc3-c3cc4ccccc4c4ccccc34)c3cccc4ccccc34)cc2)cc1. The molecule has 9 rings (SSSR count). The molecule has 0 saturated heterocycles. The maximum Gasteiger partial charge on any atom is 0.0546 e. The summed E-state index contributed by atoms with van der Waals surface area (Å²) in [5, 5.41) is 7.43. The van der Waals surface area contributed by atoms with E-state index in [9.17, 15) is 0 Å².